The molecule has 0 spiro atoms. The normalized spacial score (nSPS) is 31.6. The first-order valence-corrected chi connectivity index (χ1v) is 8.33. The van der Waals surface area contributed by atoms with Crippen molar-refractivity contribution in [3.8, 4) is 0 Å². The summed E-state index contributed by atoms with van der Waals surface area (Å²) in [5.41, 5.74) is 6.30. The summed E-state index contributed by atoms with van der Waals surface area (Å²) >= 11 is 0. The molecule has 0 aliphatic heterocycles. The zero-order valence-electron chi connectivity index (χ0n) is 12.6. The van der Waals surface area contributed by atoms with E-state index in [9.17, 15) is 0 Å². The zero-order valence-corrected chi connectivity index (χ0v) is 12.6. The second-order valence-corrected chi connectivity index (χ2v) is 6.91. The Kier molecular flexibility index (Phi) is 4.42. The maximum absolute atomic E-state index is 5.98. The minimum absolute atomic E-state index is 0.462. The molecule has 2 heteroatoms. The van der Waals surface area contributed by atoms with Crippen LogP contribution in [0.3, 0.4) is 0 Å². The minimum atomic E-state index is 0.462. The van der Waals surface area contributed by atoms with Gasteiger partial charge in [-0.3, -0.25) is 11.3 Å². The molecule has 2 atom stereocenters. The van der Waals surface area contributed by atoms with Crippen molar-refractivity contribution in [1.29, 1.82) is 0 Å². The van der Waals surface area contributed by atoms with Crippen molar-refractivity contribution in [2.24, 2.45) is 17.7 Å². The summed E-state index contributed by atoms with van der Waals surface area (Å²) in [6, 6.07) is 9.46. The van der Waals surface area contributed by atoms with Crippen LogP contribution in [0.25, 0.3) is 0 Å². The molecule has 0 heterocycles. The number of nitrogens with one attached hydrogen (secondary N) is 1. The maximum Gasteiger partial charge on any atom is 0.0307 e. The number of hydrogen-bond donors (Lipinski definition) is 2. The Morgan fingerprint density at radius 1 is 1.10 bits per heavy atom. The molecule has 2 aliphatic carbocycles. The van der Waals surface area contributed by atoms with Gasteiger partial charge in [-0.1, -0.05) is 44.0 Å². The molecule has 3 rings (SSSR count). The highest BCUT2D eigenvalue weighted by Gasteiger charge is 2.34. The van der Waals surface area contributed by atoms with Gasteiger partial charge in [-0.2, -0.15) is 0 Å². The largest absolute Gasteiger partial charge is 0.271 e. The van der Waals surface area contributed by atoms with Crippen LogP contribution in [0.2, 0.25) is 0 Å². The van der Waals surface area contributed by atoms with Crippen LogP contribution in [0.1, 0.15) is 62.5 Å². The molecule has 1 saturated carbocycles. The Morgan fingerprint density at radius 2 is 1.85 bits per heavy atom. The predicted molar refractivity (Wildman–Crippen MR) is 84.4 cm³/mol. The van der Waals surface area contributed by atoms with Gasteiger partial charge < -0.3 is 0 Å². The molecule has 3 N–H and O–H groups in total. The summed E-state index contributed by atoms with van der Waals surface area (Å²) in [4.78, 5) is 0. The smallest absolute Gasteiger partial charge is 0.0307 e. The van der Waals surface area contributed by atoms with Crippen molar-refractivity contribution in [3.05, 3.63) is 35.4 Å². The molecular formula is C18H28N2. The Balaban J connectivity index is 1.80. The third kappa shape index (κ3) is 2.77. The van der Waals surface area contributed by atoms with Crippen molar-refractivity contribution < 1.29 is 0 Å². The fraction of sp³-hybridized carbons (Fsp3) is 0.667. The van der Waals surface area contributed by atoms with E-state index in [-0.39, 0.29) is 0 Å². The molecule has 0 bridgehead atoms. The van der Waals surface area contributed by atoms with Crippen LogP contribution in [0.15, 0.2) is 24.3 Å². The van der Waals surface area contributed by atoms with E-state index in [1.165, 1.54) is 44.9 Å². The Hall–Kier alpha value is -0.860. The summed E-state index contributed by atoms with van der Waals surface area (Å²) in [6.45, 7) is 2.39. The van der Waals surface area contributed by atoms with Gasteiger partial charge in [0, 0.05) is 12.0 Å². The van der Waals surface area contributed by atoms with Crippen LogP contribution >= 0.6 is 0 Å². The van der Waals surface area contributed by atoms with E-state index < -0.39 is 0 Å². The van der Waals surface area contributed by atoms with Crippen molar-refractivity contribution in [2.75, 3.05) is 0 Å². The van der Waals surface area contributed by atoms with E-state index in [0.29, 0.717) is 12.0 Å². The van der Waals surface area contributed by atoms with Crippen LogP contribution in [0.4, 0.5) is 0 Å². The first-order chi connectivity index (χ1) is 9.79. The Morgan fingerprint density at radius 3 is 2.60 bits per heavy atom. The highest BCUT2D eigenvalue weighted by atomic mass is 15.2. The lowest BCUT2D eigenvalue weighted by molar-refractivity contribution is 0.202. The van der Waals surface area contributed by atoms with Gasteiger partial charge in [0.05, 0.1) is 0 Å². The summed E-state index contributed by atoms with van der Waals surface area (Å²) < 4.78 is 0. The number of nitrogens with two attached hydrogens (primary N) is 1. The fourth-order valence-corrected chi connectivity index (χ4v) is 4.39. The third-order valence-electron chi connectivity index (χ3n) is 5.61. The molecule has 2 unspecified atom stereocenters. The zero-order chi connectivity index (χ0) is 13.9. The maximum atomic E-state index is 5.98. The molecule has 1 aromatic carbocycles. The average Bonchev–Trinajstić information content (AvgIpc) is 2.50. The van der Waals surface area contributed by atoms with Gasteiger partial charge in [-0.15, -0.1) is 0 Å². The minimum Gasteiger partial charge on any atom is -0.271 e. The monoisotopic (exact) mass is 272 g/mol. The molecule has 2 aliphatic rings. The van der Waals surface area contributed by atoms with Crippen molar-refractivity contribution in [2.45, 2.75) is 63.8 Å². The second kappa shape index (κ2) is 6.28. The molecule has 1 aromatic rings. The van der Waals surface area contributed by atoms with Crippen molar-refractivity contribution >= 4 is 0 Å². The molecular weight excluding hydrogens is 244 g/mol. The lowest BCUT2D eigenvalue weighted by atomic mass is 9.70. The molecule has 0 saturated heterocycles. The van der Waals surface area contributed by atoms with Gasteiger partial charge in [-0.25, -0.2) is 0 Å². The van der Waals surface area contributed by atoms with Crippen LogP contribution in [0.5, 0.6) is 0 Å². The summed E-state index contributed by atoms with van der Waals surface area (Å²) in [5, 5.41) is 0. The highest BCUT2D eigenvalue weighted by Crippen LogP contribution is 2.40. The lowest BCUT2D eigenvalue weighted by Crippen LogP contribution is -2.46. The number of benzene rings is 1. The molecule has 1 fully saturated rings. The Bertz CT molecular complexity index is 435. The molecule has 110 valence electrons. The van der Waals surface area contributed by atoms with Gasteiger partial charge in [0.2, 0.25) is 0 Å². The number of aryl methyl sites for hydroxylation is 1. The number of rotatable bonds is 3. The standard InChI is InChI=1S/C18H28N2/c1-13-9-11-15(12-10-13)18(20-19)17-8-4-6-14-5-2-3-7-16(14)17/h2-3,5,7,13,15,17-18,20H,4,6,8-12,19H2,1H3. The van der Waals surface area contributed by atoms with Crippen LogP contribution < -0.4 is 11.3 Å². The van der Waals surface area contributed by atoms with E-state index in [1.807, 2.05) is 0 Å². The van der Waals surface area contributed by atoms with Gasteiger partial charge in [0.15, 0.2) is 0 Å². The summed E-state index contributed by atoms with van der Waals surface area (Å²) in [7, 11) is 0. The molecule has 20 heavy (non-hydrogen) atoms. The van der Waals surface area contributed by atoms with Gasteiger partial charge in [0.1, 0.15) is 0 Å². The van der Waals surface area contributed by atoms with Gasteiger partial charge in [0.25, 0.3) is 0 Å². The van der Waals surface area contributed by atoms with Crippen molar-refractivity contribution in [1.82, 2.24) is 5.43 Å². The fourth-order valence-electron chi connectivity index (χ4n) is 4.39. The topological polar surface area (TPSA) is 38.0 Å². The predicted octanol–water partition coefficient (Wildman–Crippen LogP) is 3.76. The van der Waals surface area contributed by atoms with Crippen LogP contribution in [0, 0.1) is 11.8 Å². The van der Waals surface area contributed by atoms with E-state index >= 15 is 0 Å². The SMILES string of the molecule is CC1CCC(C(NN)C2CCCc3ccccc32)CC1. The van der Waals surface area contributed by atoms with E-state index in [4.69, 9.17) is 5.84 Å². The van der Waals surface area contributed by atoms with Crippen LogP contribution in [-0.2, 0) is 6.42 Å². The average molecular weight is 272 g/mol. The first-order valence-electron chi connectivity index (χ1n) is 8.33. The quantitative estimate of drug-likeness (QED) is 0.649. The van der Waals surface area contributed by atoms with E-state index in [1.54, 1.807) is 11.1 Å². The number of fused-ring (bicyclic) bond motifs is 1. The highest BCUT2D eigenvalue weighted by molar-refractivity contribution is 5.34. The van der Waals surface area contributed by atoms with E-state index in [0.717, 1.165) is 11.8 Å². The van der Waals surface area contributed by atoms with Crippen LogP contribution in [-0.4, -0.2) is 6.04 Å². The number of hydrazine groups is 1. The molecule has 0 radical (unpaired) electrons. The third-order valence-corrected chi connectivity index (χ3v) is 5.61. The summed E-state index contributed by atoms with van der Waals surface area (Å²) in [5.74, 6) is 8.25. The molecule has 0 aromatic heterocycles. The molecule has 2 nitrogen and oxygen atoms in total. The van der Waals surface area contributed by atoms with Crippen molar-refractivity contribution in [3.63, 3.8) is 0 Å². The Labute approximate surface area is 123 Å². The summed E-state index contributed by atoms with van der Waals surface area (Å²) in [6.07, 6.45) is 9.27. The second-order valence-electron chi connectivity index (χ2n) is 6.91. The number of hydrogen-bond acceptors (Lipinski definition) is 2. The van der Waals surface area contributed by atoms with Gasteiger partial charge in [-0.05, 0) is 55.1 Å². The lowest BCUT2D eigenvalue weighted by Gasteiger charge is -2.39. The first kappa shape index (κ1) is 14.1. The van der Waals surface area contributed by atoms with E-state index in [2.05, 4.69) is 36.6 Å². The van der Waals surface area contributed by atoms with Gasteiger partial charge >= 0.3 is 0 Å². The molecule has 0 amide bonds.